The lowest BCUT2D eigenvalue weighted by atomic mass is 10.0. The maximum Gasteiger partial charge on any atom is 0.311 e. The van der Waals surface area contributed by atoms with Crippen LogP contribution in [-0.4, -0.2) is 49.8 Å². The number of halogens is 1. The first-order valence-electron chi connectivity index (χ1n) is 10.7. The summed E-state index contributed by atoms with van der Waals surface area (Å²) in [6.07, 6.45) is 0.562. The summed E-state index contributed by atoms with van der Waals surface area (Å²) in [4.78, 5) is 12.0. The highest BCUT2D eigenvalue weighted by molar-refractivity contribution is 5.87. The van der Waals surface area contributed by atoms with E-state index in [1.165, 1.54) is 19.2 Å². The predicted molar refractivity (Wildman–Crippen MR) is 122 cm³/mol. The molecule has 0 aliphatic rings. The van der Waals surface area contributed by atoms with E-state index < -0.39 is 5.97 Å². The van der Waals surface area contributed by atoms with E-state index >= 15 is 0 Å². The minimum Gasteiger partial charge on any atom is -0.497 e. The zero-order valence-corrected chi connectivity index (χ0v) is 18.8. The SMILES string of the molecule is CCc1nn2c(nnc3c(CC(=O)OC)nn(-c4ccc(OC)cc4)c32)c1-c1ccc(F)cc1. The van der Waals surface area contributed by atoms with E-state index in [0.29, 0.717) is 34.7 Å². The summed E-state index contributed by atoms with van der Waals surface area (Å²) in [6, 6.07) is 13.5. The largest absolute Gasteiger partial charge is 0.497 e. The van der Waals surface area contributed by atoms with E-state index in [0.717, 1.165) is 22.5 Å². The molecule has 0 bridgehead atoms. The molecule has 172 valence electrons. The van der Waals surface area contributed by atoms with Crippen molar-refractivity contribution < 1.29 is 18.7 Å². The van der Waals surface area contributed by atoms with Gasteiger partial charge in [0.1, 0.15) is 17.3 Å². The molecular weight excluding hydrogens is 439 g/mol. The second-order valence-corrected chi connectivity index (χ2v) is 7.60. The molecule has 0 spiro atoms. The normalized spacial score (nSPS) is 11.3. The van der Waals surface area contributed by atoms with Crippen LogP contribution in [0.4, 0.5) is 4.39 Å². The Bertz CT molecular complexity index is 1510. The minimum atomic E-state index is -0.440. The van der Waals surface area contributed by atoms with Gasteiger partial charge in [0.05, 0.1) is 37.6 Å². The van der Waals surface area contributed by atoms with Gasteiger partial charge in [0.2, 0.25) is 0 Å². The quantitative estimate of drug-likeness (QED) is 0.358. The topological polar surface area (TPSA) is 96.4 Å². The van der Waals surface area contributed by atoms with E-state index in [4.69, 9.17) is 14.6 Å². The molecule has 0 N–H and O–H groups in total. The molecule has 5 rings (SSSR count). The zero-order chi connectivity index (χ0) is 23.8. The molecule has 5 aromatic rings. The van der Waals surface area contributed by atoms with Crippen molar-refractivity contribution in [3.05, 3.63) is 65.7 Å². The Morgan fingerprint density at radius 2 is 1.71 bits per heavy atom. The van der Waals surface area contributed by atoms with E-state index in [1.54, 1.807) is 28.4 Å². The fraction of sp³-hybridized carbons (Fsp3) is 0.208. The average Bonchev–Trinajstić information content (AvgIpc) is 3.43. The van der Waals surface area contributed by atoms with Gasteiger partial charge in [-0.1, -0.05) is 19.1 Å². The first-order chi connectivity index (χ1) is 16.5. The maximum absolute atomic E-state index is 13.6. The van der Waals surface area contributed by atoms with Crippen molar-refractivity contribution in [3.8, 4) is 22.6 Å². The van der Waals surface area contributed by atoms with Gasteiger partial charge in [0, 0.05) is 0 Å². The van der Waals surface area contributed by atoms with Crippen molar-refractivity contribution in [2.24, 2.45) is 0 Å². The molecule has 0 saturated carbocycles. The molecule has 0 fully saturated rings. The van der Waals surface area contributed by atoms with Gasteiger partial charge in [-0.3, -0.25) is 4.79 Å². The number of rotatable bonds is 6. The van der Waals surface area contributed by atoms with Gasteiger partial charge in [-0.05, 0) is 48.4 Å². The summed E-state index contributed by atoms with van der Waals surface area (Å²) in [5, 5.41) is 18.3. The lowest BCUT2D eigenvalue weighted by Gasteiger charge is -2.06. The molecule has 9 nitrogen and oxygen atoms in total. The van der Waals surface area contributed by atoms with Crippen LogP contribution in [0.25, 0.3) is 33.6 Å². The summed E-state index contributed by atoms with van der Waals surface area (Å²) in [7, 11) is 2.92. The average molecular weight is 460 g/mol. The molecule has 0 amide bonds. The highest BCUT2D eigenvalue weighted by Gasteiger charge is 2.24. The summed E-state index contributed by atoms with van der Waals surface area (Å²) in [5.74, 6) is -0.0624. The van der Waals surface area contributed by atoms with E-state index in [-0.39, 0.29) is 12.2 Å². The maximum atomic E-state index is 13.6. The number of aryl methyl sites for hydroxylation is 1. The van der Waals surface area contributed by atoms with E-state index in [2.05, 4.69) is 15.3 Å². The van der Waals surface area contributed by atoms with Crippen molar-refractivity contribution >= 4 is 22.8 Å². The lowest BCUT2D eigenvalue weighted by molar-refractivity contribution is -0.139. The molecule has 0 aliphatic carbocycles. The smallest absolute Gasteiger partial charge is 0.311 e. The van der Waals surface area contributed by atoms with Gasteiger partial charge < -0.3 is 9.47 Å². The summed E-state index contributed by atoms with van der Waals surface area (Å²) < 4.78 is 27.0. The van der Waals surface area contributed by atoms with Gasteiger partial charge >= 0.3 is 5.97 Å². The van der Waals surface area contributed by atoms with Crippen LogP contribution in [-0.2, 0) is 22.4 Å². The van der Waals surface area contributed by atoms with Crippen LogP contribution in [0.3, 0.4) is 0 Å². The first-order valence-corrected chi connectivity index (χ1v) is 10.7. The Labute approximate surface area is 193 Å². The Kier molecular flexibility index (Phi) is 5.40. The molecule has 10 heteroatoms. The molecule has 3 heterocycles. The highest BCUT2D eigenvalue weighted by atomic mass is 19.1. The molecule has 2 aromatic carbocycles. The third-order valence-corrected chi connectivity index (χ3v) is 5.61. The number of carbonyl (C=O) groups excluding carboxylic acids is 1. The van der Waals surface area contributed by atoms with Gasteiger partial charge in [0.15, 0.2) is 16.8 Å². The van der Waals surface area contributed by atoms with Crippen molar-refractivity contribution in [1.29, 1.82) is 0 Å². The van der Waals surface area contributed by atoms with Gasteiger partial charge in [0.25, 0.3) is 0 Å². The molecule has 0 saturated heterocycles. The third kappa shape index (κ3) is 3.53. The molecule has 0 atom stereocenters. The van der Waals surface area contributed by atoms with Crippen molar-refractivity contribution in [2.75, 3.05) is 14.2 Å². The third-order valence-electron chi connectivity index (χ3n) is 5.61. The minimum absolute atomic E-state index is 0.0664. The Morgan fingerprint density at radius 3 is 2.35 bits per heavy atom. The van der Waals surface area contributed by atoms with E-state index in [1.807, 2.05) is 31.2 Å². The van der Waals surface area contributed by atoms with Crippen LogP contribution in [0.1, 0.15) is 18.3 Å². The standard InChI is InChI=1S/C24H21FN6O3/c1-4-18-21(14-5-7-15(25)8-6-14)23-27-26-22-19(13-20(32)34-3)29-30(24(22)31(23)28-18)16-9-11-17(33-2)12-10-16/h5-12H,4,13H2,1-3H3. The number of ether oxygens (including phenoxy) is 2. The number of methoxy groups -OCH3 is 2. The molecule has 0 unspecified atom stereocenters. The second kappa shape index (κ2) is 8.54. The molecule has 3 aromatic heterocycles. The Morgan fingerprint density at radius 1 is 0.971 bits per heavy atom. The van der Waals surface area contributed by atoms with Crippen molar-refractivity contribution in [2.45, 2.75) is 19.8 Å². The molecule has 34 heavy (non-hydrogen) atoms. The number of esters is 1. The van der Waals surface area contributed by atoms with Gasteiger partial charge in [-0.25, -0.2) is 9.07 Å². The summed E-state index contributed by atoms with van der Waals surface area (Å²) in [6.45, 7) is 1.99. The summed E-state index contributed by atoms with van der Waals surface area (Å²) >= 11 is 0. The van der Waals surface area contributed by atoms with Crippen molar-refractivity contribution in [1.82, 2.24) is 29.6 Å². The number of aromatic nitrogens is 6. The van der Waals surface area contributed by atoms with Crippen LogP contribution in [0.2, 0.25) is 0 Å². The fourth-order valence-corrected chi connectivity index (χ4v) is 3.92. The number of hydrogen-bond donors (Lipinski definition) is 0. The van der Waals surface area contributed by atoms with Crippen LogP contribution >= 0.6 is 0 Å². The second-order valence-electron chi connectivity index (χ2n) is 7.60. The van der Waals surface area contributed by atoms with Gasteiger partial charge in [-0.2, -0.15) is 14.7 Å². The molecule has 0 aliphatic heterocycles. The Balaban J connectivity index is 1.81. The van der Waals surface area contributed by atoms with Crippen LogP contribution in [0, 0.1) is 5.82 Å². The number of fused-ring (bicyclic) bond motifs is 3. The zero-order valence-electron chi connectivity index (χ0n) is 18.8. The number of benzene rings is 2. The first kappa shape index (κ1) is 21.5. The fourth-order valence-electron chi connectivity index (χ4n) is 3.92. The van der Waals surface area contributed by atoms with Crippen LogP contribution in [0.5, 0.6) is 5.75 Å². The lowest BCUT2D eigenvalue weighted by Crippen LogP contribution is -2.06. The molecular formula is C24H21FN6O3. The number of nitrogens with zero attached hydrogens (tertiary/aromatic N) is 6. The molecule has 0 radical (unpaired) electrons. The Hall–Kier alpha value is -4.34. The highest BCUT2D eigenvalue weighted by Crippen LogP contribution is 2.31. The monoisotopic (exact) mass is 460 g/mol. The van der Waals surface area contributed by atoms with Gasteiger partial charge in [-0.15, -0.1) is 10.2 Å². The summed E-state index contributed by atoms with van der Waals surface area (Å²) in [5.41, 5.74) is 4.99. The van der Waals surface area contributed by atoms with Crippen LogP contribution < -0.4 is 4.74 Å². The van der Waals surface area contributed by atoms with E-state index in [9.17, 15) is 9.18 Å². The predicted octanol–water partition coefficient (Wildman–Crippen LogP) is 3.56. The number of hydrogen-bond acceptors (Lipinski definition) is 7. The van der Waals surface area contributed by atoms with Crippen LogP contribution in [0.15, 0.2) is 48.5 Å². The van der Waals surface area contributed by atoms with Crippen molar-refractivity contribution in [3.63, 3.8) is 0 Å². The number of carbonyl (C=O) groups is 1.